The van der Waals surface area contributed by atoms with Crippen LogP contribution in [0, 0.1) is 17.1 Å². The minimum atomic E-state index is -0.454. The molecule has 1 aromatic carbocycles. The highest BCUT2D eigenvalue weighted by molar-refractivity contribution is 6.09. The van der Waals surface area contributed by atoms with Crippen LogP contribution >= 0.6 is 0 Å². The van der Waals surface area contributed by atoms with E-state index in [1.807, 2.05) is 4.57 Å². The highest BCUT2D eigenvalue weighted by Gasteiger charge is 2.50. The van der Waals surface area contributed by atoms with Crippen LogP contribution < -0.4 is 15.2 Å². The van der Waals surface area contributed by atoms with E-state index >= 15 is 4.39 Å². The van der Waals surface area contributed by atoms with Gasteiger partial charge in [-0.3, -0.25) is 19.0 Å². The van der Waals surface area contributed by atoms with Gasteiger partial charge in [-0.2, -0.15) is 5.26 Å². The standard InChI is InChI=1S/C29H29FN6O3/c1-34-22-16-32-21-13-20(30)24(27-25(21)26(22)36(28(34)37)29(8-9-29)17-39-27)18-6-7-23(33-15-18)38-12-4-11-35-10-3-2-5-19(35)14-31/h6-7,13,15-16,19H,2-5,8-12,17H2,1H3. The number of nitrogens with zero attached hydrogens (tertiary/aromatic N) is 6. The molecule has 10 heteroatoms. The van der Waals surface area contributed by atoms with Crippen LogP contribution in [0.2, 0.25) is 0 Å². The zero-order valence-corrected chi connectivity index (χ0v) is 21.8. The third kappa shape index (κ3) is 3.79. The highest BCUT2D eigenvalue weighted by atomic mass is 19.1. The van der Waals surface area contributed by atoms with Crippen molar-refractivity contribution in [2.24, 2.45) is 7.05 Å². The number of pyridine rings is 2. The Hall–Kier alpha value is -3.97. The lowest BCUT2D eigenvalue weighted by Crippen LogP contribution is -2.39. The zero-order valence-electron chi connectivity index (χ0n) is 21.8. The van der Waals surface area contributed by atoms with Gasteiger partial charge in [0.2, 0.25) is 5.88 Å². The lowest BCUT2D eigenvalue weighted by atomic mass is 10.0. The smallest absolute Gasteiger partial charge is 0.329 e. The second-order valence-electron chi connectivity index (χ2n) is 10.9. The average Bonchev–Trinajstić information content (AvgIpc) is 3.71. The third-order valence-corrected chi connectivity index (χ3v) is 8.50. The number of imidazole rings is 1. The summed E-state index contributed by atoms with van der Waals surface area (Å²) >= 11 is 0. The van der Waals surface area contributed by atoms with Crippen LogP contribution in [0.5, 0.6) is 11.6 Å². The molecule has 0 bridgehead atoms. The van der Waals surface area contributed by atoms with Gasteiger partial charge in [0.25, 0.3) is 0 Å². The molecule has 0 N–H and O–H groups in total. The SMILES string of the molecule is Cn1c(=O)n2c3c4c(c(-c5ccc(OCCCN6CCCCC6C#N)nc5)c(F)cc4ncc31)OCC21CC1. The second-order valence-corrected chi connectivity index (χ2v) is 10.9. The predicted molar refractivity (Wildman–Crippen MR) is 143 cm³/mol. The van der Waals surface area contributed by atoms with Crippen LogP contribution in [0.3, 0.4) is 0 Å². The molecular weight excluding hydrogens is 499 g/mol. The number of piperidine rings is 1. The molecule has 200 valence electrons. The van der Waals surface area contributed by atoms with Crippen LogP contribution in [0.4, 0.5) is 4.39 Å². The van der Waals surface area contributed by atoms with Gasteiger partial charge in [0.1, 0.15) is 18.2 Å². The number of ether oxygens (including phenoxy) is 2. The van der Waals surface area contributed by atoms with Crippen molar-refractivity contribution < 1.29 is 13.9 Å². The molecule has 9 nitrogen and oxygen atoms in total. The van der Waals surface area contributed by atoms with E-state index < -0.39 is 11.4 Å². The van der Waals surface area contributed by atoms with Gasteiger partial charge < -0.3 is 9.47 Å². The molecule has 5 heterocycles. The molecule has 0 amide bonds. The molecule has 1 atom stereocenters. The first-order valence-corrected chi connectivity index (χ1v) is 13.6. The monoisotopic (exact) mass is 528 g/mol. The summed E-state index contributed by atoms with van der Waals surface area (Å²) in [6.45, 7) is 2.55. The van der Waals surface area contributed by atoms with Crippen molar-refractivity contribution in [1.82, 2.24) is 24.0 Å². The zero-order chi connectivity index (χ0) is 26.7. The number of hydrogen-bond donors (Lipinski definition) is 0. The summed E-state index contributed by atoms with van der Waals surface area (Å²) in [5, 5.41) is 10.0. The molecule has 1 aliphatic carbocycles. The van der Waals surface area contributed by atoms with Crippen molar-refractivity contribution in [2.45, 2.75) is 50.1 Å². The normalized spacial score (nSPS) is 19.8. The molecule has 2 fully saturated rings. The summed E-state index contributed by atoms with van der Waals surface area (Å²) in [5.41, 5.74) is 2.27. The number of rotatable bonds is 6. The fourth-order valence-corrected chi connectivity index (χ4v) is 6.18. The summed E-state index contributed by atoms with van der Waals surface area (Å²) in [7, 11) is 1.74. The molecule has 1 spiro atoms. The molecule has 1 saturated carbocycles. The fourth-order valence-electron chi connectivity index (χ4n) is 6.18. The summed E-state index contributed by atoms with van der Waals surface area (Å²) in [6.07, 6.45) is 8.88. The number of nitriles is 1. The van der Waals surface area contributed by atoms with Crippen molar-refractivity contribution in [3.8, 4) is 28.8 Å². The van der Waals surface area contributed by atoms with Crippen molar-refractivity contribution in [1.29, 1.82) is 5.26 Å². The molecule has 3 aromatic heterocycles. The minimum absolute atomic E-state index is 0.00251. The molecule has 7 rings (SSSR count). The minimum Gasteiger partial charge on any atom is -0.490 e. The first-order valence-electron chi connectivity index (χ1n) is 13.6. The van der Waals surface area contributed by atoms with E-state index in [0.717, 1.165) is 57.1 Å². The molecular formula is C29H29FN6O3. The van der Waals surface area contributed by atoms with Gasteiger partial charge in [-0.1, -0.05) is 0 Å². The molecule has 1 saturated heterocycles. The van der Waals surface area contributed by atoms with Crippen molar-refractivity contribution in [3.05, 3.63) is 46.9 Å². The molecule has 0 radical (unpaired) electrons. The van der Waals surface area contributed by atoms with Gasteiger partial charge in [-0.25, -0.2) is 14.2 Å². The quantitative estimate of drug-likeness (QED) is 0.347. The summed E-state index contributed by atoms with van der Waals surface area (Å²) in [6, 6.07) is 7.32. The third-order valence-electron chi connectivity index (χ3n) is 8.50. The largest absolute Gasteiger partial charge is 0.490 e. The number of benzene rings is 1. The van der Waals surface area contributed by atoms with Crippen LogP contribution in [-0.2, 0) is 12.6 Å². The van der Waals surface area contributed by atoms with E-state index in [1.54, 1.807) is 36.1 Å². The van der Waals surface area contributed by atoms with Gasteiger partial charge in [0.15, 0.2) is 0 Å². The maximum Gasteiger partial charge on any atom is 0.329 e. The predicted octanol–water partition coefficient (Wildman–Crippen LogP) is 4.12. The van der Waals surface area contributed by atoms with Gasteiger partial charge >= 0.3 is 5.69 Å². The number of likely N-dealkylation sites (tertiary alicyclic amines) is 1. The number of hydrogen-bond acceptors (Lipinski definition) is 7. The van der Waals surface area contributed by atoms with E-state index in [1.165, 1.54) is 6.07 Å². The van der Waals surface area contributed by atoms with Crippen molar-refractivity contribution >= 4 is 21.9 Å². The van der Waals surface area contributed by atoms with Crippen molar-refractivity contribution in [2.75, 3.05) is 26.3 Å². The van der Waals surface area contributed by atoms with E-state index in [9.17, 15) is 10.1 Å². The molecule has 2 aliphatic heterocycles. The first kappa shape index (κ1) is 24.1. The second kappa shape index (κ2) is 9.06. The molecule has 1 unspecified atom stereocenters. The maximum absolute atomic E-state index is 15.6. The van der Waals surface area contributed by atoms with Crippen LogP contribution in [-0.4, -0.2) is 56.3 Å². The Labute approximate surface area is 224 Å². The Kier molecular flexibility index (Phi) is 5.60. The Morgan fingerprint density at radius 1 is 1.26 bits per heavy atom. The lowest BCUT2D eigenvalue weighted by molar-refractivity contribution is 0.168. The number of fused-ring (bicyclic) bond motifs is 1. The van der Waals surface area contributed by atoms with Crippen molar-refractivity contribution in [3.63, 3.8) is 0 Å². The van der Waals surface area contributed by atoms with E-state index in [4.69, 9.17) is 9.47 Å². The van der Waals surface area contributed by atoms with Gasteiger partial charge in [0.05, 0.1) is 58.0 Å². The maximum atomic E-state index is 15.6. The fraction of sp³-hybridized carbons (Fsp3) is 0.448. The number of aryl methyl sites for hydroxylation is 1. The van der Waals surface area contributed by atoms with Gasteiger partial charge in [0, 0.05) is 37.5 Å². The van der Waals surface area contributed by atoms with Crippen LogP contribution in [0.25, 0.3) is 33.1 Å². The molecule has 4 aromatic rings. The average molecular weight is 529 g/mol. The summed E-state index contributed by atoms with van der Waals surface area (Å²) in [5.74, 6) is 0.403. The van der Waals surface area contributed by atoms with Crippen LogP contribution in [0.1, 0.15) is 38.5 Å². The summed E-state index contributed by atoms with van der Waals surface area (Å²) < 4.78 is 31.2. The molecule has 3 aliphatic rings. The molecule has 39 heavy (non-hydrogen) atoms. The van der Waals surface area contributed by atoms with E-state index in [0.29, 0.717) is 52.4 Å². The van der Waals surface area contributed by atoms with E-state index in [2.05, 4.69) is 20.9 Å². The first-order chi connectivity index (χ1) is 19.0. The topological polar surface area (TPSA) is 98.2 Å². The summed E-state index contributed by atoms with van der Waals surface area (Å²) in [4.78, 5) is 24.4. The highest BCUT2D eigenvalue weighted by Crippen LogP contribution is 2.51. The van der Waals surface area contributed by atoms with Crippen LogP contribution in [0.15, 0.2) is 35.4 Å². The van der Waals surface area contributed by atoms with E-state index in [-0.39, 0.29) is 11.7 Å². The number of aromatic nitrogens is 4. The Bertz CT molecular complexity index is 1700. The Morgan fingerprint density at radius 2 is 2.13 bits per heavy atom. The lowest BCUT2D eigenvalue weighted by Gasteiger charge is -2.31. The van der Waals surface area contributed by atoms with Gasteiger partial charge in [-0.15, -0.1) is 0 Å². The van der Waals surface area contributed by atoms with Gasteiger partial charge in [-0.05, 0) is 51.1 Å². The Balaban J connectivity index is 1.18. The Morgan fingerprint density at radius 3 is 2.90 bits per heavy atom. The number of halogens is 1.